The summed E-state index contributed by atoms with van der Waals surface area (Å²) in [5.74, 6) is 4.19. The van der Waals surface area contributed by atoms with Crippen molar-refractivity contribution in [2.45, 2.75) is 63.5 Å². The number of hydrogen-bond acceptors (Lipinski definition) is 6. The zero-order valence-corrected chi connectivity index (χ0v) is 19.0. The van der Waals surface area contributed by atoms with Crippen LogP contribution in [0.15, 0.2) is 12.3 Å². The van der Waals surface area contributed by atoms with Gasteiger partial charge in [0.2, 0.25) is 0 Å². The summed E-state index contributed by atoms with van der Waals surface area (Å²) >= 11 is 3.97. The number of hydrogen-bond donors (Lipinski definition) is 0. The number of pyridine rings is 1. The molecule has 6 heteroatoms. The lowest BCUT2D eigenvalue weighted by atomic mass is 9.91. The molecule has 0 unspecified atom stereocenters. The molecular weight excluding hydrogens is 400 g/mol. The van der Waals surface area contributed by atoms with Crippen LogP contribution in [0.1, 0.15) is 55.4 Å². The van der Waals surface area contributed by atoms with Crippen LogP contribution >= 0.6 is 23.1 Å². The maximum atomic E-state index is 6.66. The summed E-state index contributed by atoms with van der Waals surface area (Å²) in [4.78, 5) is 10.1. The summed E-state index contributed by atoms with van der Waals surface area (Å²) in [5, 5.41) is 1.34. The van der Waals surface area contributed by atoms with Gasteiger partial charge in [-0.2, -0.15) is 11.8 Å². The molecule has 29 heavy (non-hydrogen) atoms. The smallest absolute Gasteiger partial charge is 0.131 e. The van der Waals surface area contributed by atoms with Gasteiger partial charge in [-0.05, 0) is 61.8 Å². The highest BCUT2D eigenvalue weighted by molar-refractivity contribution is 7.99. The lowest BCUT2D eigenvalue weighted by Gasteiger charge is -2.38. The minimum atomic E-state index is 0.346. The van der Waals surface area contributed by atoms with E-state index in [4.69, 9.17) is 14.5 Å². The molecule has 2 fully saturated rings. The number of morpholine rings is 1. The summed E-state index contributed by atoms with van der Waals surface area (Å²) in [6.07, 6.45) is 9.61. The maximum absolute atomic E-state index is 6.66. The summed E-state index contributed by atoms with van der Waals surface area (Å²) in [6, 6.07) is 2.84. The highest BCUT2D eigenvalue weighted by Gasteiger charge is 2.31. The number of aryl methyl sites for hydroxylation is 1. The molecule has 2 aromatic heterocycles. The molecule has 0 radical (unpaired) electrons. The third-order valence-corrected chi connectivity index (χ3v) is 9.04. The zero-order chi connectivity index (χ0) is 19.6. The highest BCUT2D eigenvalue weighted by Crippen LogP contribution is 2.47. The van der Waals surface area contributed by atoms with Crippen LogP contribution in [0.5, 0.6) is 5.75 Å². The molecule has 1 saturated carbocycles. The van der Waals surface area contributed by atoms with Crippen molar-refractivity contribution in [3.8, 4) is 5.75 Å². The fourth-order valence-electron chi connectivity index (χ4n) is 5.30. The van der Waals surface area contributed by atoms with Crippen molar-refractivity contribution >= 4 is 33.3 Å². The molecule has 0 bridgehead atoms. The molecule has 0 N–H and O–H groups in total. The summed E-state index contributed by atoms with van der Waals surface area (Å²) < 4.78 is 12.2. The number of ether oxygens (including phenoxy) is 2. The molecule has 1 saturated heterocycles. The Morgan fingerprint density at radius 3 is 2.83 bits per heavy atom. The first-order chi connectivity index (χ1) is 14.3. The monoisotopic (exact) mass is 432 g/mol. The predicted octanol–water partition coefficient (Wildman–Crippen LogP) is 5.10. The number of thiophene rings is 1. The first kappa shape index (κ1) is 20.1. The lowest BCUT2D eigenvalue weighted by molar-refractivity contribution is -0.000919. The van der Waals surface area contributed by atoms with Crippen molar-refractivity contribution in [3.63, 3.8) is 0 Å². The third kappa shape index (κ3) is 4.18. The van der Waals surface area contributed by atoms with Crippen LogP contribution in [0.2, 0.25) is 0 Å². The van der Waals surface area contributed by atoms with Crippen molar-refractivity contribution in [3.05, 3.63) is 22.7 Å². The molecular formula is C23H32N2O2S2. The van der Waals surface area contributed by atoms with Gasteiger partial charge < -0.3 is 9.47 Å². The van der Waals surface area contributed by atoms with Gasteiger partial charge in [-0.25, -0.2) is 4.98 Å². The second-order valence-electron chi connectivity index (χ2n) is 8.52. The Bertz CT molecular complexity index is 826. The standard InChI is InChI=1S/C23H32N2O2S2/c1-2-28-15-16-3-8-20-21(16)22-19(9-10-24-23(22)29-20)27-18-6-4-17(5-7-18)25-11-13-26-14-12-25/h9-10,16-18H,2-8,11-15H2,1H3/t16-,17?,18?/m1/s1. The quantitative estimate of drug-likeness (QED) is 0.634. The second-order valence-corrected chi connectivity index (χ2v) is 10.9. The number of nitrogens with zero attached hydrogens (tertiary/aromatic N) is 2. The van der Waals surface area contributed by atoms with E-state index < -0.39 is 0 Å². The number of fused-ring (bicyclic) bond motifs is 3. The second kappa shape index (κ2) is 9.13. The van der Waals surface area contributed by atoms with Crippen molar-refractivity contribution in [2.24, 2.45) is 0 Å². The van der Waals surface area contributed by atoms with Gasteiger partial charge in [-0.15, -0.1) is 11.3 Å². The Balaban J connectivity index is 1.30. The van der Waals surface area contributed by atoms with Crippen LogP contribution in [0.25, 0.3) is 10.2 Å². The van der Waals surface area contributed by atoms with E-state index in [1.807, 2.05) is 17.5 Å². The lowest BCUT2D eigenvalue weighted by Crippen LogP contribution is -2.46. The first-order valence-corrected chi connectivity index (χ1v) is 13.3. The molecule has 158 valence electrons. The summed E-state index contributed by atoms with van der Waals surface area (Å²) in [5.41, 5.74) is 1.57. The third-order valence-electron chi connectivity index (χ3n) is 6.82. The molecule has 2 aliphatic carbocycles. The Hall–Kier alpha value is -0.820. The van der Waals surface area contributed by atoms with E-state index in [0.717, 1.165) is 50.9 Å². The van der Waals surface area contributed by atoms with Gasteiger partial charge in [0, 0.05) is 36.0 Å². The van der Waals surface area contributed by atoms with Crippen molar-refractivity contribution in [2.75, 3.05) is 37.8 Å². The van der Waals surface area contributed by atoms with E-state index in [9.17, 15) is 0 Å². The van der Waals surface area contributed by atoms with Gasteiger partial charge in [-0.3, -0.25) is 4.90 Å². The van der Waals surface area contributed by atoms with E-state index in [1.54, 1.807) is 10.4 Å². The SMILES string of the molecule is CCSC[C@H]1CCc2sc3nccc(OC4CCC(N5CCOCC5)CC4)c3c21. The highest BCUT2D eigenvalue weighted by atomic mass is 32.2. The molecule has 3 heterocycles. The Morgan fingerprint density at radius 2 is 2.03 bits per heavy atom. The van der Waals surface area contributed by atoms with Crippen molar-refractivity contribution in [1.82, 2.24) is 9.88 Å². The normalized spacial score (nSPS) is 28.0. The van der Waals surface area contributed by atoms with Gasteiger partial charge in [0.15, 0.2) is 0 Å². The molecule has 0 amide bonds. The largest absolute Gasteiger partial charge is 0.490 e. The van der Waals surface area contributed by atoms with Gasteiger partial charge >= 0.3 is 0 Å². The van der Waals surface area contributed by atoms with Crippen LogP contribution in [0.4, 0.5) is 0 Å². The first-order valence-electron chi connectivity index (χ1n) is 11.3. The van der Waals surface area contributed by atoms with Crippen LogP contribution in [0, 0.1) is 0 Å². The maximum Gasteiger partial charge on any atom is 0.131 e. The average molecular weight is 433 g/mol. The van der Waals surface area contributed by atoms with Crippen LogP contribution in [-0.2, 0) is 11.2 Å². The van der Waals surface area contributed by atoms with Gasteiger partial charge in [0.25, 0.3) is 0 Å². The van der Waals surface area contributed by atoms with Crippen molar-refractivity contribution < 1.29 is 9.47 Å². The van der Waals surface area contributed by atoms with Gasteiger partial charge in [0.05, 0.1) is 24.7 Å². The number of aromatic nitrogens is 1. The molecule has 2 aromatic rings. The molecule has 1 atom stereocenters. The van der Waals surface area contributed by atoms with Crippen LogP contribution in [-0.4, -0.2) is 59.8 Å². The van der Waals surface area contributed by atoms with Gasteiger partial charge in [-0.1, -0.05) is 6.92 Å². The molecule has 3 aliphatic rings. The van der Waals surface area contributed by atoms with E-state index in [1.165, 1.54) is 47.4 Å². The van der Waals surface area contributed by atoms with E-state index in [-0.39, 0.29) is 0 Å². The Morgan fingerprint density at radius 1 is 1.21 bits per heavy atom. The fourth-order valence-corrected chi connectivity index (χ4v) is 7.42. The molecule has 4 nitrogen and oxygen atoms in total. The molecule has 0 aromatic carbocycles. The van der Waals surface area contributed by atoms with Crippen LogP contribution < -0.4 is 4.74 Å². The Kier molecular flexibility index (Phi) is 6.33. The number of thioether (sulfide) groups is 1. The summed E-state index contributed by atoms with van der Waals surface area (Å²) in [6.45, 7) is 6.24. The molecule has 5 rings (SSSR count). The summed E-state index contributed by atoms with van der Waals surface area (Å²) in [7, 11) is 0. The minimum absolute atomic E-state index is 0.346. The van der Waals surface area contributed by atoms with E-state index in [2.05, 4.69) is 29.7 Å². The topological polar surface area (TPSA) is 34.6 Å². The molecule has 0 spiro atoms. The fraction of sp³-hybridized carbons (Fsp3) is 0.696. The average Bonchev–Trinajstić information content (AvgIpc) is 3.33. The number of rotatable bonds is 6. The van der Waals surface area contributed by atoms with E-state index >= 15 is 0 Å². The van der Waals surface area contributed by atoms with Crippen LogP contribution in [0.3, 0.4) is 0 Å². The van der Waals surface area contributed by atoms with E-state index in [0.29, 0.717) is 12.0 Å². The zero-order valence-electron chi connectivity index (χ0n) is 17.4. The van der Waals surface area contributed by atoms with Crippen molar-refractivity contribution in [1.29, 1.82) is 0 Å². The molecule has 1 aliphatic heterocycles. The predicted molar refractivity (Wildman–Crippen MR) is 123 cm³/mol. The minimum Gasteiger partial charge on any atom is -0.490 e. The van der Waals surface area contributed by atoms with Gasteiger partial charge in [0.1, 0.15) is 10.6 Å². The Labute approximate surface area is 182 Å².